The molecule has 0 saturated carbocycles. The van der Waals surface area contributed by atoms with Crippen molar-refractivity contribution in [3.05, 3.63) is 67.7 Å². The molecule has 2 aromatic heterocycles. The summed E-state index contributed by atoms with van der Waals surface area (Å²) < 4.78 is 9.26. The third-order valence-corrected chi connectivity index (χ3v) is 5.36. The number of anilines is 1. The summed E-state index contributed by atoms with van der Waals surface area (Å²) in [7, 11) is 2.43. The molecule has 35 heavy (non-hydrogen) atoms. The normalized spacial score (nSPS) is 11.6. The second-order valence-electron chi connectivity index (χ2n) is 7.69. The summed E-state index contributed by atoms with van der Waals surface area (Å²) in [5.41, 5.74) is 6.50. The van der Waals surface area contributed by atoms with Gasteiger partial charge in [0, 0.05) is 18.1 Å². The van der Waals surface area contributed by atoms with Crippen LogP contribution in [0.1, 0.15) is 34.3 Å². The van der Waals surface area contributed by atoms with Crippen molar-refractivity contribution in [3.63, 3.8) is 0 Å². The number of benzene rings is 1. The molecule has 12 nitrogen and oxygen atoms in total. The minimum Gasteiger partial charge on any atom is -0.469 e. The van der Waals surface area contributed by atoms with Crippen LogP contribution in [-0.2, 0) is 31.9 Å². The van der Waals surface area contributed by atoms with E-state index >= 15 is 0 Å². The Balaban J connectivity index is 1.70. The maximum absolute atomic E-state index is 12.6. The predicted molar refractivity (Wildman–Crippen MR) is 126 cm³/mol. The number of esters is 2. The van der Waals surface area contributed by atoms with Crippen molar-refractivity contribution in [2.24, 2.45) is 0 Å². The van der Waals surface area contributed by atoms with E-state index in [1.165, 1.54) is 20.3 Å². The lowest BCUT2D eigenvalue weighted by molar-refractivity contribution is -0.144. The zero-order valence-corrected chi connectivity index (χ0v) is 19.2. The Morgan fingerprint density at radius 1 is 1.06 bits per heavy atom. The molecule has 0 unspecified atom stereocenters. The van der Waals surface area contributed by atoms with Gasteiger partial charge in [0.2, 0.25) is 11.5 Å². The van der Waals surface area contributed by atoms with E-state index in [4.69, 9.17) is 10.5 Å². The quantitative estimate of drug-likeness (QED) is 0.308. The van der Waals surface area contributed by atoms with Crippen molar-refractivity contribution < 1.29 is 23.9 Å². The molecule has 3 aromatic rings. The summed E-state index contributed by atoms with van der Waals surface area (Å²) in [5, 5.41) is 2.82. The fraction of sp³-hybridized carbons (Fsp3) is 0.304. The van der Waals surface area contributed by atoms with E-state index < -0.39 is 35.0 Å². The topological polar surface area (TPSA) is 186 Å². The maximum Gasteiger partial charge on any atom is 0.328 e. The van der Waals surface area contributed by atoms with Gasteiger partial charge in [-0.1, -0.05) is 12.1 Å². The van der Waals surface area contributed by atoms with Crippen LogP contribution in [0.2, 0.25) is 0 Å². The van der Waals surface area contributed by atoms with Crippen LogP contribution in [0, 0.1) is 0 Å². The van der Waals surface area contributed by atoms with Crippen molar-refractivity contribution >= 4 is 34.8 Å². The minimum absolute atomic E-state index is 0.0347. The number of carbonyl (C=O) groups is 3. The number of nitrogens with zero attached hydrogens (tertiary/aromatic N) is 1. The van der Waals surface area contributed by atoms with E-state index in [1.807, 2.05) is 0 Å². The summed E-state index contributed by atoms with van der Waals surface area (Å²) in [5.74, 6) is -1.78. The van der Waals surface area contributed by atoms with Crippen LogP contribution >= 0.6 is 0 Å². The lowest BCUT2D eigenvalue weighted by Crippen LogP contribution is -2.41. The van der Waals surface area contributed by atoms with E-state index in [9.17, 15) is 24.0 Å². The molecule has 0 bridgehead atoms. The summed E-state index contributed by atoms with van der Waals surface area (Å²) in [6.45, 7) is 0. The molecule has 0 aliphatic heterocycles. The van der Waals surface area contributed by atoms with Gasteiger partial charge in [-0.3, -0.25) is 24.2 Å². The van der Waals surface area contributed by atoms with Crippen LogP contribution in [0.5, 0.6) is 0 Å². The van der Waals surface area contributed by atoms with Crippen molar-refractivity contribution in [2.75, 3.05) is 20.0 Å². The molecular formula is C23H25N5O7. The standard InChI is InChI=1S/C23H25N5O7/c1-34-17(30)10-9-15(22(33)35-2)25-20(31)13-6-3-12(4-7-13)5-8-14-11-16(29)26-19-18(14)21(32)28-23(24)27-19/h3-4,6-7,11,15H,5,8-10H2,1-2H3,(H,25,31)(H4,24,26,27,28,29,32)/t15-/m0/s1. The third-order valence-electron chi connectivity index (χ3n) is 5.36. The lowest BCUT2D eigenvalue weighted by Gasteiger charge is -2.16. The number of nitrogen functional groups attached to an aromatic ring is 1. The Kier molecular flexibility index (Phi) is 7.97. The van der Waals surface area contributed by atoms with E-state index in [0.29, 0.717) is 24.0 Å². The van der Waals surface area contributed by atoms with Gasteiger partial charge < -0.3 is 25.5 Å². The fourth-order valence-electron chi connectivity index (χ4n) is 3.56. The molecule has 1 atom stereocenters. The number of H-pyrrole nitrogens is 2. The van der Waals surface area contributed by atoms with Crippen molar-refractivity contribution in [1.82, 2.24) is 20.3 Å². The van der Waals surface area contributed by atoms with Gasteiger partial charge in [0.25, 0.3) is 11.5 Å². The SMILES string of the molecule is COC(=O)CC[C@H](NC(=O)c1ccc(CCc2cc(=O)[nH]c3nc(N)[nH]c(=O)c23)cc1)C(=O)OC. The van der Waals surface area contributed by atoms with Gasteiger partial charge in [-0.2, -0.15) is 4.98 Å². The van der Waals surface area contributed by atoms with E-state index in [0.717, 1.165) is 5.56 Å². The molecule has 3 rings (SSSR count). The molecule has 184 valence electrons. The number of rotatable bonds is 9. The van der Waals surface area contributed by atoms with Gasteiger partial charge in [-0.05, 0) is 42.5 Å². The van der Waals surface area contributed by atoms with E-state index in [1.54, 1.807) is 24.3 Å². The van der Waals surface area contributed by atoms with Gasteiger partial charge in [0.05, 0.1) is 19.6 Å². The number of fused-ring (bicyclic) bond motifs is 1. The second kappa shape index (κ2) is 11.1. The molecule has 0 radical (unpaired) electrons. The molecule has 2 heterocycles. The largest absolute Gasteiger partial charge is 0.469 e. The first kappa shape index (κ1) is 25.1. The monoisotopic (exact) mass is 483 g/mol. The number of aromatic nitrogens is 3. The minimum atomic E-state index is -1.00. The molecule has 1 amide bonds. The molecule has 0 saturated heterocycles. The lowest BCUT2D eigenvalue weighted by atomic mass is 10.0. The number of carbonyl (C=O) groups excluding carboxylic acids is 3. The molecule has 0 fully saturated rings. The second-order valence-corrected chi connectivity index (χ2v) is 7.69. The molecule has 0 aliphatic rings. The van der Waals surface area contributed by atoms with E-state index in [2.05, 4.69) is 25.0 Å². The van der Waals surface area contributed by atoms with Crippen LogP contribution in [-0.4, -0.2) is 53.1 Å². The number of nitrogens with two attached hydrogens (primary N) is 1. The number of ether oxygens (including phenoxy) is 2. The third kappa shape index (κ3) is 6.31. The number of pyridine rings is 1. The Bertz CT molecular complexity index is 1360. The van der Waals surface area contributed by atoms with Crippen molar-refractivity contribution in [3.8, 4) is 0 Å². The highest BCUT2D eigenvalue weighted by Gasteiger charge is 2.23. The number of aryl methyl sites for hydroxylation is 2. The maximum atomic E-state index is 12.6. The van der Waals surface area contributed by atoms with Crippen LogP contribution in [0.25, 0.3) is 11.0 Å². The van der Waals surface area contributed by atoms with E-state index in [-0.39, 0.29) is 29.8 Å². The highest BCUT2D eigenvalue weighted by Crippen LogP contribution is 2.14. The first-order valence-corrected chi connectivity index (χ1v) is 10.7. The molecule has 0 spiro atoms. The van der Waals surface area contributed by atoms with Crippen molar-refractivity contribution in [1.29, 1.82) is 0 Å². The number of aromatic amines is 2. The smallest absolute Gasteiger partial charge is 0.328 e. The number of hydrogen-bond acceptors (Lipinski definition) is 9. The van der Waals surface area contributed by atoms with Crippen molar-refractivity contribution in [2.45, 2.75) is 31.7 Å². The molecule has 0 aliphatic carbocycles. The summed E-state index contributed by atoms with van der Waals surface area (Å²) in [4.78, 5) is 69.1. The zero-order chi connectivity index (χ0) is 25.5. The first-order valence-electron chi connectivity index (χ1n) is 10.7. The Labute approximate surface area is 198 Å². The average molecular weight is 483 g/mol. The van der Waals surface area contributed by atoms with Crippen LogP contribution in [0.15, 0.2) is 39.9 Å². The Hall–Kier alpha value is -4.48. The zero-order valence-electron chi connectivity index (χ0n) is 19.2. The summed E-state index contributed by atoms with van der Waals surface area (Å²) in [6, 6.07) is 6.97. The highest BCUT2D eigenvalue weighted by molar-refractivity contribution is 5.96. The Morgan fingerprint density at radius 3 is 2.43 bits per heavy atom. The number of hydrogen-bond donors (Lipinski definition) is 4. The molecular weight excluding hydrogens is 458 g/mol. The molecule has 5 N–H and O–H groups in total. The number of amides is 1. The Morgan fingerprint density at radius 2 is 1.77 bits per heavy atom. The summed E-state index contributed by atoms with van der Waals surface area (Å²) in [6.07, 6.45) is 0.831. The van der Waals surface area contributed by atoms with Gasteiger partial charge in [-0.25, -0.2) is 4.79 Å². The fourth-order valence-corrected chi connectivity index (χ4v) is 3.56. The van der Waals surface area contributed by atoms with Gasteiger partial charge in [-0.15, -0.1) is 0 Å². The van der Waals surface area contributed by atoms with Gasteiger partial charge >= 0.3 is 11.9 Å². The summed E-state index contributed by atoms with van der Waals surface area (Å²) >= 11 is 0. The van der Waals surface area contributed by atoms with Crippen LogP contribution in [0.3, 0.4) is 0 Å². The highest BCUT2D eigenvalue weighted by atomic mass is 16.5. The van der Waals surface area contributed by atoms with Gasteiger partial charge in [0.15, 0.2) is 0 Å². The molecule has 12 heteroatoms. The first-order chi connectivity index (χ1) is 16.7. The molecule has 1 aromatic carbocycles. The predicted octanol–water partition coefficient (Wildman–Crippen LogP) is 0.203. The number of nitrogens with one attached hydrogen (secondary N) is 3. The van der Waals surface area contributed by atoms with Crippen LogP contribution in [0.4, 0.5) is 5.95 Å². The van der Waals surface area contributed by atoms with Gasteiger partial charge in [0.1, 0.15) is 11.7 Å². The number of methoxy groups -OCH3 is 2. The van der Waals surface area contributed by atoms with Crippen LogP contribution < -0.4 is 22.2 Å². The average Bonchev–Trinajstić information content (AvgIpc) is 2.83.